The maximum absolute atomic E-state index is 12.1. The molecule has 1 heterocycles. The number of rotatable bonds is 7. The van der Waals surface area contributed by atoms with Crippen molar-refractivity contribution in [3.63, 3.8) is 0 Å². The quantitative estimate of drug-likeness (QED) is 0.547. The van der Waals surface area contributed by atoms with Crippen molar-refractivity contribution in [2.24, 2.45) is 0 Å². The molecule has 1 aliphatic rings. The molecule has 6 nitrogen and oxygen atoms in total. The third-order valence-electron chi connectivity index (χ3n) is 3.72. The van der Waals surface area contributed by atoms with E-state index in [0.717, 1.165) is 32.2 Å². The minimum atomic E-state index is -0.318. The largest absolute Gasteiger partial charge is 0.468 e. The van der Waals surface area contributed by atoms with E-state index in [0.29, 0.717) is 13.2 Å². The highest BCUT2D eigenvalue weighted by atomic mass is 16.5. The molecular weight excluding hydrogens is 260 g/mol. The molecule has 0 aromatic rings. The van der Waals surface area contributed by atoms with Crippen LogP contribution >= 0.6 is 0 Å². The van der Waals surface area contributed by atoms with Gasteiger partial charge in [0.05, 0.1) is 13.2 Å². The highest BCUT2D eigenvalue weighted by molar-refractivity contribution is 5.83. The van der Waals surface area contributed by atoms with Crippen molar-refractivity contribution >= 4 is 11.9 Å². The number of carbonyl (C=O) groups is 2. The van der Waals surface area contributed by atoms with E-state index in [2.05, 4.69) is 5.32 Å². The summed E-state index contributed by atoms with van der Waals surface area (Å²) in [5, 5.41) is 2.88. The summed E-state index contributed by atoms with van der Waals surface area (Å²) in [5.41, 5.74) is 0. The maximum atomic E-state index is 12.1. The van der Waals surface area contributed by atoms with Crippen molar-refractivity contribution in [3.8, 4) is 0 Å². The second kappa shape index (κ2) is 8.92. The predicted octanol–water partition coefficient (Wildman–Crippen LogP) is 0.555. The van der Waals surface area contributed by atoms with Gasteiger partial charge in [-0.2, -0.15) is 0 Å². The van der Waals surface area contributed by atoms with Crippen LogP contribution in [0.4, 0.5) is 0 Å². The molecule has 116 valence electrons. The number of esters is 1. The fourth-order valence-corrected chi connectivity index (χ4v) is 2.53. The van der Waals surface area contributed by atoms with Gasteiger partial charge in [-0.3, -0.25) is 14.5 Å². The van der Waals surface area contributed by atoms with Crippen molar-refractivity contribution in [1.29, 1.82) is 0 Å². The van der Waals surface area contributed by atoms with E-state index in [1.165, 1.54) is 7.11 Å². The van der Waals surface area contributed by atoms with Crippen LogP contribution in [0.5, 0.6) is 0 Å². The number of piperidine rings is 1. The first-order valence-electron chi connectivity index (χ1n) is 7.22. The average molecular weight is 286 g/mol. The molecule has 0 spiro atoms. The van der Waals surface area contributed by atoms with Gasteiger partial charge in [0.2, 0.25) is 5.91 Å². The second-order valence-electron chi connectivity index (χ2n) is 5.09. The van der Waals surface area contributed by atoms with E-state index >= 15 is 0 Å². The number of ether oxygens (including phenoxy) is 2. The normalized spacial score (nSPS) is 21.2. The first-order valence-corrected chi connectivity index (χ1v) is 7.22. The Balaban J connectivity index is 2.51. The van der Waals surface area contributed by atoms with Gasteiger partial charge in [-0.05, 0) is 32.7 Å². The number of methoxy groups -OCH3 is 2. The summed E-state index contributed by atoms with van der Waals surface area (Å²) in [5.74, 6) is -0.291. The van der Waals surface area contributed by atoms with E-state index in [-0.39, 0.29) is 24.0 Å². The smallest absolute Gasteiger partial charge is 0.323 e. The number of nitrogens with one attached hydrogen (secondary N) is 1. The summed E-state index contributed by atoms with van der Waals surface area (Å²) in [4.78, 5) is 25.9. The molecule has 6 heteroatoms. The molecule has 1 saturated heterocycles. The van der Waals surface area contributed by atoms with Crippen molar-refractivity contribution in [3.05, 3.63) is 0 Å². The SMILES string of the molecule is COCCCNC(=O)C(C)N1CCCCC1C(=O)OC. The Bertz CT molecular complexity index is 322. The van der Waals surface area contributed by atoms with E-state index in [1.54, 1.807) is 7.11 Å². The van der Waals surface area contributed by atoms with Gasteiger partial charge < -0.3 is 14.8 Å². The first kappa shape index (κ1) is 16.9. The van der Waals surface area contributed by atoms with Crippen molar-refractivity contribution < 1.29 is 19.1 Å². The Hall–Kier alpha value is -1.14. The Labute approximate surface area is 120 Å². The minimum Gasteiger partial charge on any atom is -0.468 e. The molecule has 0 aromatic carbocycles. The molecule has 20 heavy (non-hydrogen) atoms. The summed E-state index contributed by atoms with van der Waals surface area (Å²) in [6.45, 7) is 3.82. The average Bonchev–Trinajstić information content (AvgIpc) is 2.49. The lowest BCUT2D eigenvalue weighted by Gasteiger charge is -2.37. The van der Waals surface area contributed by atoms with Crippen LogP contribution in [0, 0.1) is 0 Å². The van der Waals surface area contributed by atoms with Gasteiger partial charge in [-0.15, -0.1) is 0 Å². The lowest BCUT2D eigenvalue weighted by atomic mass is 10.00. The van der Waals surface area contributed by atoms with Crippen molar-refractivity contribution in [1.82, 2.24) is 10.2 Å². The number of amides is 1. The number of hydrogen-bond donors (Lipinski definition) is 1. The van der Waals surface area contributed by atoms with Crippen LogP contribution in [0.15, 0.2) is 0 Å². The monoisotopic (exact) mass is 286 g/mol. The minimum absolute atomic E-state index is 0.0445. The molecule has 0 aromatic heterocycles. The van der Waals surface area contributed by atoms with Crippen LogP contribution < -0.4 is 5.32 Å². The lowest BCUT2D eigenvalue weighted by Crippen LogP contribution is -2.54. The van der Waals surface area contributed by atoms with E-state index in [1.807, 2.05) is 11.8 Å². The van der Waals surface area contributed by atoms with E-state index in [9.17, 15) is 9.59 Å². The standard InChI is InChI=1S/C14H26N2O4/c1-11(13(17)15-8-6-10-19-2)16-9-5-4-7-12(16)14(18)20-3/h11-12H,4-10H2,1-3H3,(H,15,17). The Morgan fingerprint density at radius 2 is 2.10 bits per heavy atom. The Kier molecular flexibility index (Phi) is 7.54. The second-order valence-corrected chi connectivity index (χ2v) is 5.09. The molecular formula is C14H26N2O4. The highest BCUT2D eigenvalue weighted by Crippen LogP contribution is 2.20. The van der Waals surface area contributed by atoms with Crippen LogP contribution in [-0.4, -0.2) is 62.8 Å². The number of carbonyl (C=O) groups excluding carboxylic acids is 2. The summed E-state index contributed by atoms with van der Waals surface area (Å²) in [6.07, 6.45) is 3.55. The zero-order valence-electron chi connectivity index (χ0n) is 12.7. The molecule has 2 atom stereocenters. The van der Waals surface area contributed by atoms with Crippen LogP contribution in [0.25, 0.3) is 0 Å². The molecule has 1 amide bonds. The Morgan fingerprint density at radius 3 is 2.75 bits per heavy atom. The highest BCUT2D eigenvalue weighted by Gasteiger charge is 2.34. The molecule has 1 N–H and O–H groups in total. The van der Waals surface area contributed by atoms with Crippen molar-refractivity contribution in [2.75, 3.05) is 33.9 Å². The summed E-state index contributed by atoms with van der Waals surface area (Å²) < 4.78 is 9.77. The van der Waals surface area contributed by atoms with Gasteiger partial charge in [-0.1, -0.05) is 6.42 Å². The Morgan fingerprint density at radius 1 is 1.35 bits per heavy atom. The fraction of sp³-hybridized carbons (Fsp3) is 0.857. The molecule has 1 rings (SSSR count). The molecule has 1 fully saturated rings. The predicted molar refractivity (Wildman–Crippen MR) is 75.3 cm³/mol. The third-order valence-corrected chi connectivity index (χ3v) is 3.72. The summed E-state index contributed by atoms with van der Waals surface area (Å²) in [7, 11) is 3.03. The van der Waals surface area contributed by atoms with E-state index < -0.39 is 0 Å². The summed E-state index contributed by atoms with van der Waals surface area (Å²) >= 11 is 0. The third kappa shape index (κ3) is 4.76. The molecule has 0 aliphatic carbocycles. The van der Waals surface area contributed by atoms with E-state index in [4.69, 9.17) is 9.47 Å². The lowest BCUT2D eigenvalue weighted by molar-refractivity contribution is -0.150. The topological polar surface area (TPSA) is 67.9 Å². The zero-order valence-corrected chi connectivity index (χ0v) is 12.7. The van der Waals surface area contributed by atoms with Gasteiger partial charge in [0, 0.05) is 20.3 Å². The van der Waals surface area contributed by atoms with Gasteiger partial charge in [-0.25, -0.2) is 0 Å². The van der Waals surface area contributed by atoms with Crippen LogP contribution in [0.3, 0.4) is 0 Å². The van der Waals surface area contributed by atoms with Crippen molar-refractivity contribution in [2.45, 2.75) is 44.7 Å². The molecule has 0 bridgehead atoms. The van der Waals surface area contributed by atoms with Gasteiger partial charge >= 0.3 is 5.97 Å². The van der Waals surface area contributed by atoms with Crippen LogP contribution in [-0.2, 0) is 19.1 Å². The number of hydrogen-bond acceptors (Lipinski definition) is 5. The van der Waals surface area contributed by atoms with Gasteiger partial charge in [0.25, 0.3) is 0 Å². The first-order chi connectivity index (χ1) is 9.61. The van der Waals surface area contributed by atoms with Gasteiger partial charge in [0.15, 0.2) is 0 Å². The number of likely N-dealkylation sites (tertiary alicyclic amines) is 1. The van der Waals surface area contributed by atoms with Crippen LogP contribution in [0.2, 0.25) is 0 Å². The molecule has 0 saturated carbocycles. The fourth-order valence-electron chi connectivity index (χ4n) is 2.53. The molecule has 2 unspecified atom stereocenters. The van der Waals surface area contributed by atoms with Gasteiger partial charge in [0.1, 0.15) is 6.04 Å². The zero-order chi connectivity index (χ0) is 15.0. The molecule has 0 radical (unpaired) electrons. The number of nitrogens with zero attached hydrogens (tertiary/aromatic N) is 1. The van der Waals surface area contributed by atoms with Crippen LogP contribution in [0.1, 0.15) is 32.6 Å². The molecule has 1 aliphatic heterocycles. The summed E-state index contributed by atoms with van der Waals surface area (Å²) in [6, 6.07) is -0.615. The maximum Gasteiger partial charge on any atom is 0.323 e.